The molecule has 0 unspecified atom stereocenters. The van der Waals surface area contributed by atoms with Crippen LogP contribution in [0.3, 0.4) is 0 Å². The van der Waals surface area contributed by atoms with E-state index in [1.807, 2.05) is 0 Å². The highest BCUT2D eigenvalue weighted by atomic mass is 16.3. The Hall–Kier alpha value is -1.30. The molecule has 0 aliphatic rings. The molecule has 0 atom stereocenters. The zero-order valence-corrected chi connectivity index (χ0v) is 6.07. The lowest BCUT2D eigenvalue weighted by Gasteiger charge is -1.90. The molecule has 1 rings (SSSR count). The molecule has 0 aliphatic heterocycles. The van der Waals surface area contributed by atoms with Crippen molar-refractivity contribution in [2.45, 2.75) is 6.54 Å². The van der Waals surface area contributed by atoms with Crippen LogP contribution in [0.15, 0.2) is 9.59 Å². The first kappa shape index (κ1) is 7.80. The van der Waals surface area contributed by atoms with Crippen LogP contribution in [0.2, 0.25) is 0 Å². The molecular formula is C5H9N3O3. The first-order chi connectivity index (χ1) is 5.16. The summed E-state index contributed by atoms with van der Waals surface area (Å²) < 4.78 is 2.00. The Kier molecular flexibility index (Phi) is 1.95. The molecule has 1 aromatic heterocycles. The highest BCUT2D eigenvalue weighted by molar-refractivity contribution is 4.67. The van der Waals surface area contributed by atoms with Gasteiger partial charge in [-0.05, 0) is 0 Å². The fourth-order valence-corrected chi connectivity index (χ4v) is 0.817. The number of hydrogen-bond donors (Lipinski definition) is 2. The van der Waals surface area contributed by atoms with Crippen LogP contribution in [0.4, 0.5) is 0 Å². The first-order valence-electron chi connectivity index (χ1n) is 3.13. The molecule has 0 saturated heterocycles. The van der Waals surface area contributed by atoms with Gasteiger partial charge in [0.15, 0.2) is 0 Å². The summed E-state index contributed by atoms with van der Waals surface area (Å²) in [6.45, 7) is -0.179. The number of H-pyrrole nitrogens is 1. The van der Waals surface area contributed by atoms with E-state index >= 15 is 0 Å². The number of aliphatic hydroxyl groups is 1. The van der Waals surface area contributed by atoms with Crippen LogP contribution in [0.5, 0.6) is 0 Å². The summed E-state index contributed by atoms with van der Waals surface area (Å²) in [6.07, 6.45) is 0. The van der Waals surface area contributed by atoms with Crippen molar-refractivity contribution in [3.8, 4) is 0 Å². The van der Waals surface area contributed by atoms with E-state index in [1.165, 1.54) is 7.05 Å². The minimum atomic E-state index is -0.494. The lowest BCUT2D eigenvalue weighted by molar-refractivity contribution is 0.272. The molecule has 0 radical (unpaired) electrons. The van der Waals surface area contributed by atoms with Crippen molar-refractivity contribution in [3.63, 3.8) is 0 Å². The zero-order chi connectivity index (χ0) is 8.43. The zero-order valence-electron chi connectivity index (χ0n) is 6.07. The summed E-state index contributed by atoms with van der Waals surface area (Å²) in [4.78, 5) is 21.8. The van der Waals surface area contributed by atoms with Gasteiger partial charge in [0.05, 0.1) is 13.2 Å². The van der Waals surface area contributed by atoms with E-state index in [4.69, 9.17) is 5.11 Å². The van der Waals surface area contributed by atoms with E-state index in [9.17, 15) is 9.59 Å². The Morgan fingerprint density at radius 2 is 2.18 bits per heavy atom. The fourth-order valence-electron chi connectivity index (χ4n) is 0.817. The van der Waals surface area contributed by atoms with Crippen LogP contribution in [0.25, 0.3) is 0 Å². The predicted molar refractivity (Wildman–Crippen MR) is 37.4 cm³/mol. The normalized spacial score (nSPS) is 10.4. The third-order valence-corrected chi connectivity index (χ3v) is 1.35. The molecule has 1 heterocycles. The van der Waals surface area contributed by atoms with Gasteiger partial charge in [0, 0.05) is 7.05 Å². The molecule has 6 nitrogen and oxygen atoms in total. The van der Waals surface area contributed by atoms with E-state index in [0.29, 0.717) is 0 Å². The van der Waals surface area contributed by atoms with Crippen molar-refractivity contribution in [3.05, 3.63) is 21.0 Å². The number of nitrogens with one attached hydrogen (secondary N) is 1. The van der Waals surface area contributed by atoms with Gasteiger partial charge >= 0.3 is 11.4 Å². The maximum atomic E-state index is 11.0. The molecule has 0 spiro atoms. The second kappa shape index (κ2) is 2.75. The standard InChI is InChI=1S/C5H9N3O3/c1-7-5(11)8(2-3-9)4(10)6-7/h9H,2-3H2,1H3,(H,6,10). The Morgan fingerprint density at radius 3 is 2.55 bits per heavy atom. The molecule has 2 N–H and O–H groups in total. The summed E-state index contributed by atoms with van der Waals surface area (Å²) in [5.74, 6) is 0. The molecule has 6 heteroatoms. The van der Waals surface area contributed by atoms with Gasteiger partial charge in [0.25, 0.3) is 0 Å². The van der Waals surface area contributed by atoms with Crippen LogP contribution in [-0.4, -0.2) is 26.1 Å². The maximum Gasteiger partial charge on any atom is 0.346 e. The largest absolute Gasteiger partial charge is 0.395 e. The van der Waals surface area contributed by atoms with Crippen LogP contribution >= 0.6 is 0 Å². The molecule has 0 aliphatic carbocycles. The highest BCUT2D eigenvalue weighted by Crippen LogP contribution is 1.67. The van der Waals surface area contributed by atoms with E-state index in [1.54, 1.807) is 0 Å². The summed E-state index contributed by atoms with van der Waals surface area (Å²) >= 11 is 0. The fraction of sp³-hybridized carbons (Fsp3) is 0.600. The smallest absolute Gasteiger partial charge is 0.346 e. The van der Waals surface area contributed by atoms with Gasteiger partial charge in [-0.1, -0.05) is 0 Å². The molecule has 0 bridgehead atoms. The van der Waals surface area contributed by atoms with Gasteiger partial charge in [-0.2, -0.15) is 0 Å². The van der Waals surface area contributed by atoms with E-state index < -0.39 is 11.4 Å². The SMILES string of the molecule is Cn1[nH]c(=O)n(CCO)c1=O. The van der Waals surface area contributed by atoms with Gasteiger partial charge in [0.1, 0.15) is 0 Å². The van der Waals surface area contributed by atoms with Gasteiger partial charge < -0.3 is 5.11 Å². The molecule has 0 fully saturated rings. The molecule has 1 aromatic rings. The third kappa shape index (κ3) is 1.25. The van der Waals surface area contributed by atoms with Crippen molar-refractivity contribution >= 4 is 0 Å². The summed E-state index contributed by atoms with van der Waals surface area (Å²) in [6, 6.07) is 0. The van der Waals surface area contributed by atoms with Gasteiger partial charge in [-0.3, -0.25) is 0 Å². The average molecular weight is 159 g/mol. The van der Waals surface area contributed by atoms with E-state index in [0.717, 1.165) is 9.25 Å². The Morgan fingerprint density at radius 1 is 1.55 bits per heavy atom. The molecule has 0 saturated carbocycles. The molecular weight excluding hydrogens is 150 g/mol. The Bertz CT molecular complexity index is 345. The number of hydrogen-bond acceptors (Lipinski definition) is 3. The Labute approximate surface area is 61.7 Å². The number of aryl methyl sites for hydroxylation is 1. The van der Waals surface area contributed by atoms with E-state index in [-0.39, 0.29) is 13.2 Å². The number of aromatic nitrogens is 3. The summed E-state index contributed by atoms with van der Waals surface area (Å²) in [7, 11) is 1.44. The monoisotopic (exact) mass is 159 g/mol. The summed E-state index contributed by atoms with van der Waals surface area (Å²) in [5.41, 5.74) is -0.935. The molecule has 0 aromatic carbocycles. The number of aliphatic hydroxyl groups excluding tert-OH is 1. The highest BCUT2D eigenvalue weighted by Gasteiger charge is 2.03. The maximum absolute atomic E-state index is 11.0. The predicted octanol–water partition coefficient (Wildman–Crippen LogP) is -2.13. The van der Waals surface area contributed by atoms with Crippen molar-refractivity contribution in [2.24, 2.45) is 7.05 Å². The van der Waals surface area contributed by atoms with Crippen LogP contribution in [0, 0.1) is 0 Å². The van der Waals surface area contributed by atoms with Gasteiger partial charge in [0.2, 0.25) is 0 Å². The minimum absolute atomic E-state index is 0.0367. The van der Waals surface area contributed by atoms with Crippen LogP contribution in [-0.2, 0) is 13.6 Å². The van der Waals surface area contributed by atoms with Crippen molar-refractivity contribution < 1.29 is 5.11 Å². The van der Waals surface area contributed by atoms with Crippen molar-refractivity contribution in [2.75, 3.05) is 6.61 Å². The van der Waals surface area contributed by atoms with Crippen molar-refractivity contribution in [1.29, 1.82) is 0 Å². The third-order valence-electron chi connectivity index (χ3n) is 1.35. The second-order valence-corrected chi connectivity index (χ2v) is 2.13. The average Bonchev–Trinajstić information content (AvgIpc) is 2.17. The lowest BCUT2D eigenvalue weighted by atomic mass is 10.7. The van der Waals surface area contributed by atoms with Crippen LogP contribution < -0.4 is 11.4 Å². The lowest BCUT2D eigenvalue weighted by Crippen LogP contribution is -2.29. The second-order valence-electron chi connectivity index (χ2n) is 2.13. The van der Waals surface area contributed by atoms with Crippen LogP contribution in [0.1, 0.15) is 0 Å². The molecule has 62 valence electrons. The summed E-state index contributed by atoms with van der Waals surface area (Å²) in [5, 5.41) is 10.7. The molecule has 0 amide bonds. The van der Waals surface area contributed by atoms with Gasteiger partial charge in [-0.15, -0.1) is 0 Å². The van der Waals surface area contributed by atoms with Gasteiger partial charge in [-0.25, -0.2) is 23.9 Å². The number of aromatic amines is 1. The minimum Gasteiger partial charge on any atom is -0.395 e. The Balaban J connectivity index is 3.24. The van der Waals surface area contributed by atoms with E-state index in [2.05, 4.69) is 5.10 Å². The van der Waals surface area contributed by atoms with Crippen molar-refractivity contribution in [1.82, 2.24) is 14.3 Å². The number of rotatable bonds is 2. The number of nitrogens with zero attached hydrogens (tertiary/aromatic N) is 2. The first-order valence-corrected chi connectivity index (χ1v) is 3.13. The topological polar surface area (TPSA) is 80.0 Å². The quantitative estimate of drug-likeness (QED) is 0.517. The molecule has 11 heavy (non-hydrogen) atoms.